The first-order chi connectivity index (χ1) is 9.11. The number of hydrogen-bond acceptors (Lipinski definition) is 4. The van der Waals surface area contributed by atoms with Crippen molar-refractivity contribution in [3.8, 4) is 0 Å². The van der Waals surface area contributed by atoms with Gasteiger partial charge in [0.05, 0.1) is 11.9 Å². The summed E-state index contributed by atoms with van der Waals surface area (Å²) in [6.07, 6.45) is 7.35. The smallest absolute Gasteiger partial charge is 0.214 e. The van der Waals surface area contributed by atoms with Gasteiger partial charge in [-0.25, -0.2) is 13.1 Å². The fourth-order valence-electron chi connectivity index (χ4n) is 3.16. The highest BCUT2D eigenvalue weighted by atomic mass is 35.5. The molecular formula is C13H27ClN2O3S. The summed E-state index contributed by atoms with van der Waals surface area (Å²) in [5.74, 6) is 0.489. The summed E-state index contributed by atoms with van der Waals surface area (Å²) in [6.45, 7) is 1.07. The molecule has 0 aromatic heterocycles. The number of rotatable bonds is 6. The van der Waals surface area contributed by atoms with Crippen molar-refractivity contribution in [2.45, 2.75) is 57.1 Å². The molecule has 3 N–H and O–H groups in total. The summed E-state index contributed by atoms with van der Waals surface area (Å²) in [4.78, 5) is 0. The highest BCUT2D eigenvalue weighted by molar-refractivity contribution is 7.89. The van der Waals surface area contributed by atoms with E-state index >= 15 is 0 Å². The largest absolute Gasteiger partial charge is 0.377 e. The van der Waals surface area contributed by atoms with Crippen LogP contribution in [0.15, 0.2) is 0 Å². The Bertz CT molecular complexity index is 366. The quantitative estimate of drug-likeness (QED) is 0.773. The summed E-state index contributed by atoms with van der Waals surface area (Å²) in [6, 6.07) is -0.101. The van der Waals surface area contributed by atoms with E-state index in [-0.39, 0.29) is 30.3 Å². The van der Waals surface area contributed by atoms with Gasteiger partial charge in [0.15, 0.2) is 0 Å². The van der Waals surface area contributed by atoms with Crippen molar-refractivity contribution in [3.05, 3.63) is 0 Å². The number of sulfonamides is 1. The Kier molecular flexibility index (Phi) is 7.75. The summed E-state index contributed by atoms with van der Waals surface area (Å²) in [5, 5.41) is 0. The molecular weight excluding hydrogens is 300 g/mol. The van der Waals surface area contributed by atoms with Crippen LogP contribution in [0.2, 0.25) is 0 Å². The molecule has 1 saturated heterocycles. The Hall–Kier alpha value is 0.120. The lowest BCUT2D eigenvalue weighted by Crippen LogP contribution is -2.47. The minimum Gasteiger partial charge on any atom is -0.377 e. The minimum absolute atomic E-state index is 0. The fourth-order valence-corrected chi connectivity index (χ4v) is 4.76. The maximum atomic E-state index is 12.2. The first-order valence-corrected chi connectivity index (χ1v) is 9.07. The lowest BCUT2D eigenvalue weighted by atomic mass is 9.99. The van der Waals surface area contributed by atoms with Crippen LogP contribution in [0.1, 0.15) is 44.9 Å². The molecule has 0 amide bonds. The summed E-state index contributed by atoms with van der Waals surface area (Å²) < 4.78 is 32.7. The zero-order valence-electron chi connectivity index (χ0n) is 11.9. The zero-order chi connectivity index (χ0) is 13.7. The number of ether oxygens (including phenoxy) is 1. The van der Waals surface area contributed by atoms with E-state index in [1.54, 1.807) is 0 Å². The molecule has 1 aliphatic heterocycles. The van der Waals surface area contributed by atoms with E-state index in [2.05, 4.69) is 4.72 Å². The van der Waals surface area contributed by atoms with Crippen LogP contribution in [0.4, 0.5) is 0 Å². The Morgan fingerprint density at radius 3 is 2.35 bits per heavy atom. The molecule has 2 atom stereocenters. The van der Waals surface area contributed by atoms with Crippen molar-refractivity contribution in [2.24, 2.45) is 11.7 Å². The molecule has 0 aromatic rings. The molecule has 2 fully saturated rings. The van der Waals surface area contributed by atoms with Gasteiger partial charge >= 0.3 is 0 Å². The van der Waals surface area contributed by atoms with Crippen LogP contribution in [0, 0.1) is 5.92 Å². The number of hydrogen-bond donors (Lipinski definition) is 2. The van der Waals surface area contributed by atoms with Crippen molar-refractivity contribution in [3.63, 3.8) is 0 Å². The van der Waals surface area contributed by atoms with Crippen molar-refractivity contribution in [1.29, 1.82) is 0 Å². The molecule has 20 heavy (non-hydrogen) atoms. The van der Waals surface area contributed by atoms with Gasteiger partial charge in [0.1, 0.15) is 0 Å². The van der Waals surface area contributed by atoms with Crippen LogP contribution in [-0.4, -0.2) is 39.5 Å². The maximum absolute atomic E-state index is 12.2. The Morgan fingerprint density at radius 1 is 1.15 bits per heavy atom. The highest BCUT2D eigenvalue weighted by Crippen LogP contribution is 2.27. The second-order valence-corrected chi connectivity index (χ2v) is 7.57. The molecule has 5 nitrogen and oxygen atoms in total. The van der Waals surface area contributed by atoms with Crippen LogP contribution in [0.5, 0.6) is 0 Å². The summed E-state index contributed by atoms with van der Waals surface area (Å²) in [7, 11) is -3.28. The second-order valence-electron chi connectivity index (χ2n) is 5.77. The van der Waals surface area contributed by atoms with Crippen LogP contribution in [0.25, 0.3) is 0 Å². The summed E-state index contributed by atoms with van der Waals surface area (Å²) in [5.41, 5.74) is 5.73. The molecule has 0 aromatic carbocycles. The molecule has 120 valence electrons. The Morgan fingerprint density at radius 2 is 1.80 bits per heavy atom. The van der Waals surface area contributed by atoms with Gasteiger partial charge in [0, 0.05) is 19.2 Å². The second kappa shape index (κ2) is 8.54. The standard InChI is InChI=1S/C13H26N2O3S.ClH/c14-9-13(11-5-1-2-6-11)15-19(16,17)10-12-7-3-4-8-18-12;/h11-13,15H,1-10,14H2;1H. The predicted molar refractivity (Wildman–Crippen MR) is 82.6 cm³/mol. The van der Waals surface area contributed by atoms with Gasteiger partial charge in [-0.2, -0.15) is 0 Å². The van der Waals surface area contributed by atoms with Crippen LogP contribution < -0.4 is 10.5 Å². The van der Waals surface area contributed by atoms with E-state index in [4.69, 9.17) is 10.5 Å². The normalized spacial score (nSPS) is 26.1. The molecule has 0 spiro atoms. The monoisotopic (exact) mass is 326 g/mol. The Balaban J connectivity index is 0.00000200. The van der Waals surface area contributed by atoms with E-state index < -0.39 is 10.0 Å². The van der Waals surface area contributed by atoms with E-state index in [9.17, 15) is 8.42 Å². The first kappa shape index (κ1) is 18.2. The molecule has 1 aliphatic carbocycles. The van der Waals surface area contributed by atoms with E-state index in [1.807, 2.05) is 0 Å². The van der Waals surface area contributed by atoms with Crippen LogP contribution >= 0.6 is 12.4 Å². The van der Waals surface area contributed by atoms with E-state index in [0.29, 0.717) is 19.1 Å². The van der Waals surface area contributed by atoms with Gasteiger partial charge in [0.25, 0.3) is 0 Å². The highest BCUT2D eigenvalue weighted by Gasteiger charge is 2.29. The van der Waals surface area contributed by atoms with E-state index in [0.717, 1.165) is 32.1 Å². The van der Waals surface area contributed by atoms with Crippen LogP contribution in [0.3, 0.4) is 0 Å². The number of nitrogens with two attached hydrogens (primary N) is 1. The molecule has 2 rings (SSSR count). The number of halogens is 1. The van der Waals surface area contributed by atoms with Crippen LogP contribution in [-0.2, 0) is 14.8 Å². The lowest BCUT2D eigenvalue weighted by Gasteiger charge is -2.26. The fraction of sp³-hybridized carbons (Fsp3) is 1.00. The minimum atomic E-state index is -3.28. The summed E-state index contributed by atoms with van der Waals surface area (Å²) >= 11 is 0. The van der Waals surface area contributed by atoms with Gasteiger partial charge in [0.2, 0.25) is 10.0 Å². The molecule has 7 heteroatoms. The van der Waals surface area contributed by atoms with Crippen molar-refractivity contribution in [2.75, 3.05) is 18.9 Å². The van der Waals surface area contributed by atoms with E-state index in [1.165, 1.54) is 12.8 Å². The maximum Gasteiger partial charge on any atom is 0.214 e. The SMILES string of the molecule is Cl.NCC(NS(=O)(=O)CC1CCCCO1)C1CCCC1. The third-order valence-corrected chi connectivity index (χ3v) is 5.71. The van der Waals surface area contributed by atoms with Gasteiger partial charge in [-0.3, -0.25) is 0 Å². The third kappa shape index (κ3) is 5.48. The zero-order valence-corrected chi connectivity index (χ0v) is 13.6. The average molecular weight is 327 g/mol. The third-order valence-electron chi connectivity index (χ3n) is 4.23. The molecule has 1 saturated carbocycles. The lowest BCUT2D eigenvalue weighted by molar-refractivity contribution is 0.0303. The van der Waals surface area contributed by atoms with Gasteiger partial charge in [-0.15, -0.1) is 12.4 Å². The topological polar surface area (TPSA) is 81.4 Å². The van der Waals surface area contributed by atoms with Crippen molar-refractivity contribution >= 4 is 22.4 Å². The van der Waals surface area contributed by atoms with Gasteiger partial charge < -0.3 is 10.5 Å². The predicted octanol–water partition coefficient (Wildman–Crippen LogP) is 1.41. The number of nitrogens with one attached hydrogen (secondary N) is 1. The first-order valence-electron chi connectivity index (χ1n) is 7.42. The molecule has 2 aliphatic rings. The Labute approximate surface area is 128 Å². The molecule has 0 radical (unpaired) electrons. The molecule has 1 heterocycles. The van der Waals surface area contributed by atoms with Crippen molar-refractivity contribution < 1.29 is 13.2 Å². The van der Waals surface area contributed by atoms with Crippen molar-refractivity contribution in [1.82, 2.24) is 4.72 Å². The van der Waals surface area contributed by atoms with Gasteiger partial charge in [-0.05, 0) is 38.0 Å². The average Bonchev–Trinajstić information content (AvgIpc) is 2.90. The molecule has 0 bridgehead atoms. The molecule has 2 unspecified atom stereocenters. The van der Waals surface area contributed by atoms with Gasteiger partial charge in [-0.1, -0.05) is 12.8 Å².